The van der Waals surface area contributed by atoms with Crippen molar-refractivity contribution in [3.05, 3.63) is 47.6 Å². The number of nitrogens with zero attached hydrogens (tertiary/aromatic N) is 4. The van der Waals surface area contributed by atoms with Crippen LogP contribution in [0.4, 0.5) is 5.82 Å². The molecule has 1 fully saturated rings. The molecular weight excluding hydrogens is 332 g/mol. The molecule has 0 bridgehead atoms. The van der Waals surface area contributed by atoms with Crippen LogP contribution in [0.3, 0.4) is 0 Å². The van der Waals surface area contributed by atoms with E-state index in [0.717, 1.165) is 42.6 Å². The number of piperazine rings is 1. The highest BCUT2D eigenvalue weighted by Crippen LogP contribution is 2.29. The Bertz CT molecular complexity index is 857. The van der Waals surface area contributed by atoms with Crippen LogP contribution in [0.15, 0.2) is 42.0 Å². The van der Waals surface area contributed by atoms with E-state index in [1.807, 2.05) is 6.07 Å². The Kier molecular flexibility index (Phi) is 4.55. The van der Waals surface area contributed by atoms with Crippen LogP contribution < -0.4 is 9.64 Å². The molecule has 4 rings (SSSR count). The first-order valence-corrected chi connectivity index (χ1v) is 9.45. The number of hydrogen-bond donors (Lipinski definition) is 0. The third kappa shape index (κ3) is 3.19. The van der Waals surface area contributed by atoms with Gasteiger partial charge in [-0.2, -0.15) is 0 Å². The fourth-order valence-corrected chi connectivity index (χ4v) is 4.19. The lowest BCUT2D eigenvalue weighted by atomic mass is 10.1. The molecular formula is C19H22N4OS. The summed E-state index contributed by atoms with van der Waals surface area (Å²) in [4.78, 5) is 14.9. The minimum Gasteiger partial charge on any atom is -0.497 e. The molecule has 3 heterocycles. The average Bonchev–Trinajstić information content (AvgIpc) is 3.16. The van der Waals surface area contributed by atoms with Crippen molar-refractivity contribution >= 4 is 27.4 Å². The quantitative estimate of drug-likeness (QED) is 0.716. The molecule has 0 radical (unpaired) electrons. The number of thiophene rings is 1. The van der Waals surface area contributed by atoms with Crippen molar-refractivity contribution in [3.8, 4) is 5.75 Å². The third-order valence-electron chi connectivity index (χ3n) is 4.98. The highest BCUT2D eigenvalue weighted by molar-refractivity contribution is 7.16. The summed E-state index contributed by atoms with van der Waals surface area (Å²) in [5.41, 5.74) is 1.30. The Morgan fingerprint density at radius 2 is 1.96 bits per heavy atom. The number of hydrogen-bond acceptors (Lipinski definition) is 6. The number of aromatic nitrogens is 2. The van der Waals surface area contributed by atoms with Crippen molar-refractivity contribution in [1.82, 2.24) is 14.9 Å². The molecule has 0 saturated carbocycles. The Morgan fingerprint density at radius 3 is 2.76 bits per heavy atom. The first-order valence-electron chi connectivity index (χ1n) is 8.57. The number of rotatable bonds is 4. The molecule has 3 aromatic rings. The van der Waals surface area contributed by atoms with E-state index in [2.05, 4.69) is 56.3 Å². The molecule has 0 N–H and O–H groups in total. The Labute approximate surface area is 151 Å². The first kappa shape index (κ1) is 16.3. The van der Waals surface area contributed by atoms with E-state index >= 15 is 0 Å². The molecule has 25 heavy (non-hydrogen) atoms. The van der Waals surface area contributed by atoms with E-state index < -0.39 is 0 Å². The number of anilines is 1. The van der Waals surface area contributed by atoms with E-state index in [0.29, 0.717) is 6.04 Å². The third-order valence-corrected chi connectivity index (χ3v) is 5.80. The van der Waals surface area contributed by atoms with Gasteiger partial charge in [-0.15, -0.1) is 11.3 Å². The molecule has 1 aliphatic rings. The van der Waals surface area contributed by atoms with Crippen molar-refractivity contribution in [2.75, 3.05) is 38.2 Å². The first-order chi connectivity index (χ1) is 12.3. The second kappa shape index (κ2) is 6.98. The van der Waals surface area contributed by atoms with Crippen molar-refractivity contribution in [2.45, 2.75) is 13.0 Å². The van der Waals surface area contributed by atoms with Crippen molar-refractivity contribution in [1.29, 1.82) is 0 Å². The summed E-state index contributed by atoms with van der Waals surface area (Å²) in [6.45, 7) is 6.28. The molecule has 0 amide bonds. The summed E-state index contributed by atoms with van der Waals surface area (Å²) in [7, 11) is 1.72. The summed E-state index contributed by atoms with van der Waals surface area (Å²) in [6, 6.07) is 10.9. The molecule has 5 nitrogen and oxygen atoms in total. The van der Waals surface area contributed by atoms with Gasteiger partial charge in [-0.05, 0) is 36.1 Å². The minimum atomic E-state index is 0.379. The number of methoxy groups -OCH3 is 1. The second-order valence-electron chi connectivity index (χ2n) is 6.31. The maximum atomic E-state index is 5.36. The predicted molar refractivity (Wildman–Crippen MR) is 103 cm³/mol. The molecule has 6 heteroatoms. The SMILES string of the molecule is COc1cccc(C(C)N2CCN(c3ncnc4sccc34)CC2)c1. The molecule has 0 aliphatic carbocycles. The van der Waals surface area contributed by atoms with Gasteiger partial charge < -0.3 is 9.64 Å². The lowest BCUT2D eigenvalue weighted by Gasteiger charge is -2.38. The molecule has 0 spiro atoms. The Hall–Kier alpha value is -2.18. The monoisotopic (exact) mass is 354 g/mol. The largest absolute Gasteiger partial charge is 0.497 e. The van der Waals surface area contributed by atoms with Gasteiger partial charge in [0.25, 0.3) is 0 Å². The summed E-state index contributed by atoms with van der Waals surface area (Å²) in [5, 5.41) is 3.26. The van der Waals surface area contributed by atoms with Crippen LogP contribution in [0.1, 0.15) is 18.5 Å². The minimum absolute atomic E-state index is 0.379. The van der Waals surface area contributed by atoms with Crippen molar-refractivity contribution < 1.29 is 4.74 Å². The van der Waals surface area contributed by atoms with Gasteiger partial charge in [-0.1, -0.05) is 12.1 Å². The lowest BCUT2D eigenvalue weighted by molar-refractivity contribution is 0.198. The standard InChI is InChI=1S/C19H22N4OS/c1-14(15-4-3-5-16(12-15)24-2)22-7-9-23(10-8-22)18-17-6-11-25-19(17)21-13-20-18/h3-6,11-14H,7-10H2,1-2H3. The summed E-state index contributed by atoms with van der Waals surface area (Å²) in [5.74, 6) is 1.99. The Balaban J connectivity index is 1.47. The molecule has 2 aromatic heterocycles. The van der Waals surface area contributed by atoms with Crippen molar-refractivity contribution in [2.24, 2.45) is 0 Å². The molecule has 1 atom stereocenters. The molecule has 1 aliphatic heterocycles. The fourth-order valence-electron chi connectivity index (χ4n) is 3.46. The van der Waals surface area contributed by atoms with Gasteiger partial charge in [0.2, 0.25) is 0 Å². The zero-order chi connectivity index (χ0) is 17.2. The normalized spacial score (nSPS) is 17.0. The van der Waals surface area contributed by atoms with E-state index in [1.54, 1.807) is 24.8 Å². The summed E-state index contributed by atoms with van der Waals surface area (Å²) < 4.78 is 5.36. The topological polar surface area (TPSA) is 41.5 Å². The van der Waals surface area contributed by atoms with Crippen LogP contribution in [-0.2, 0) is 0 Å². The Morgan fingerprint density at radius 1 is 1.12 bits per heavy atom. The van der Waals surface area contributed by atoms with E-state index in [1.165, 1.54) is 10.9 Å². The molecule has 1 saturated heterocycles. The smallest absolute Gasteiger partial charge is 0.140 e. The zero-order valence-corrected chi connectivity index (χ0v) is 15.4. The van der Waals surface area contributed by atoms with Gasteiger partial charge >= 0.3 is 0 Å². The molecule has 1 unspecified atom stereocenters. The van der Waals surface area contributed by atoms with Gasteiger partial charge in [0, 0.05) is 32.2 Å². The van der Waals surface area contributed by atoms with Crippen LogP contribution in [0, 0.1) is 0 Å². The molecule has 130 valence electrons. The van der Waals surface area contributed by atoms with Gasteiger partial charge in [0.1, 0.15) is 22.7 Å². The van der Waals surface area contributed by atoms with Gasteiger partial charge in [-0.25, -0.2) is 9.97 Å². The second-order valence-corrected chi connectivity index (χ2v) is 7.21. The van der Waals surface area contributed by atoms with Crippen LogP contribution in [0.5, 0.6) is 5.75 Å². The highest BCUT2D eigenvalue weighted by Gasteiger charge is 2.24. The predicted octanol–water partition coefficient (Wildman–Crippen LogP) is 3.58. The zero-order valence-electron chi connectivity index (χ0n) is 14.6. The summed E-state index contributed by atoms with van der Waals surface area (Å²) >= 11 is 1.67. The number of benzene rings is 1. The highest BCUT2D eigenvalue weighted by atomic mass is 32.1. The van der Waals surface area contributed by atoms with Gasteiger partial charge in [0.15, 0.2) is 0 Å². The van der Waals surface area contributed by atoms with Crippen LogP contribution in [0.2, 0.25) is 0 Å². The number of fused-ring (bicyclic) bond motifs is 1. The van der Waals surface area contributed by atoms with Crippen LogP contribution in [0.25, 0.3) is 10.2 Å². The van der Waals surface area contributed by atoms with E-state index in [4.69, 9.17) is 4.74 Å². The maximum Gasteiger partial charge on any atom is 0.140 e. The maximum absolute atomic E-state index is 5.36. The lowest BCUT2D eigenvalue weighted by Crippen LogP contribution is -2.47. The van der Waals surface area contributed by atoms with Gasteiger partial charge in [-0.3, -0.25) is 4.90 Å². The fraction of sp³-hybridized carbons (Fsp3) is 0.368. The van der Waals surface area contributed by atoms with Crippen LogP contribution in [-0.4, -0.2) is 48.2 Å². The average molecular weight is 354 g/mol. The molecule has 1 aromatic carbocycles. The van der Waals surface area contributed by atoms with Crippen molar-refractivity contribution in [3.63, 3.8) is 0 Å². The van der Waals surface area contributed by atoms with Gasteiger partial charge in [0.05, 0.1) is 12.5 Å². The van der Waals surface area contributed by atoms with Crippen LogP contribution >= 0.6 is 11.3 Å². The summed E-state index contributed by atoms with van der Waals surface area (Å²) in [6.07, 6.45) is 1.68. The van der Waals surface area contributed by atoms with E-state index in [9.17, 15) is 0 Å². The van der Waals surface area contributed by atoms with E-state index in [-0.39, 0.29) is 0 Å². The number of ether oxygens (including phenoxy) is 1.